The van der Waals surface area contributed by atoms with Gasteiger partial charge >= 0.3 is 0 Å². The highest BCUT2D eigenvalue weighted by Crippen LogP contribution is 2.35. The quantitative estimate of drug-likeness (QED) is 0.286. The zero-order valence-electron chi connectivity index (χ0n) is 19.2. The summed E-state index contributed by atoms with van der Waals surface area (Å²) in [5.74, 6) is 2.43. The average molecular weight is 557 g/mol. The van der Waals surface area contributed by atoms with Gasteiger partial charge in [0.2, 0.25) is 0 Å². The molecule has 3 rings (SSSR count). The summed E-state index contributed by atoms with van der Waals surface area (Å²) in [6, 6.07) is 13.3. The third-order valence-electron chi connectivity index (χ3n) is 5.91. The number of thiophene rings is 1. The van der Waals surface area contributed by atoms with Crippen molar-refractivity contribution in [3.8, 4) is 5.75 Å². The largest absolute Gasteiger partial charge is 0.497 e. The van der Waals surface area contributed by atoms with Crippen molar-refractivity contribution in [1.82, 2.24) is 15.1 Å². The molecule has 1 fully saturated rings. The van der Waals surface area contributed by atoms with E-state index in [-0.39, 0.29) is 24.0 Å². The van der Waals surface area contributed by atoms with Crippen LogP contribution >= 0.6 is 35.3 Å². The lowest BCUT2D eigenvalue weighted by Crippen LogP contribution is -2.41. The molecule has 2 atom stereocenters. The summed E-state index contributed by atoms with van der Waals surface area (Å²) in [7, 11) is 6.10. The molecule has 0 radical (unpaired) electrons. The maximum absolute atomic E-state index is 5.34. The summed E-state index contributed by atoms with van der Waals surface area (Å²) >= 11 is 1.83. The molecule has 2 heterocycles. The Hall–Kier alpha value is -1.32. The van der Waals surface area contributed by atoms with Crippen molar-refractivity contribution in [1.29, 1.82) is 0 Å². The van der Waals surface area contributed by atoms with Crippen LogP contribution < -0.4 is 10.1 Å². The van der Waals surface area contributed by atoms with Gasteiger partial charge in [-0.2, -0.15) is 0 Å². The van der Waals surface area contributed by atoms with E-state index in [4.69, 9.17) is 9.73 Å². The standard InChI is InChI=1S/C24H36N4OS.HI/c1-5-25-24(28(3)16-14-22-9-7-17-30-22)26-18-20-8-6-15-27(2)23(20)19-10-12-21(29-4)13-11-19;/h7,9-13,17,20,23H,5-6,8,14-16,18H2,1-4H3,(H,25,26);1H. The molecule has 0 bridgehead atoms. The number of rotatable bonds is 8. The first kappa shape index (κ1) is 25.9. The third-order valence-corrected chi connectivity index (χ3v) is 6.85. The second-order valence-electron chi connectivity index (χ2n) is 8.05. The molecule has 172 valence electrons. The predicted octanol–water partition coefficient (Wildman–Crippen LogP) is 4.90. The minimum absolute atomic E-state index is 0. The van der Waals surface area contributed by atoms with Crippen LogP contribution in [-0.4, -0.2) is 63.1 Å². The predicted molar refractivity (Wildman–Crippen MR) is 143 cm³/mol. The van der Waals surface area contributed by atoms with Gasteiger partial charge in [0, 0.05) is 37.6 Å². The van der Waals surface area contributed by atoms with E-state index in [2.05, 4.69) is 77.9 Å². The summed E-state index contributed by atoms with van der Waals surface area (Å²) < 4.78 is 5.34. The number of methoxy groups -OCH3 is 1. The van der Waals surface area contributed by atoms with Gasteiger partial charge in [-0.15, -0.1) is 35.3 Å². The van der Waals surface area contributed by atoms with Crippen LogP contribution in [0.3, 0.4) is 0 Å². The first-order chi connectivity index (χ1) is 14.6. The Morgan fingerprint density at radius 1 is 1.29 bits per heavy atom. The number of benzene rings is 1. The molecular weight excluding hydrogens is 519 g/mol. The van der Waals surface area contributed by atoms with Gasteiger partial charge in [0.1, 0.15) is 5.75 Å². The van der Waals surface area contributed by atoms with Crippen molar-refractivity contribution in [2.45, 2.75) is 32.2 Å². The highest BCUT2D eigenvalue weighted by atomic mass is 127. The van der Waals surface area contributed by atoms with Gasteiger partial charge in [0.05, 0.1) is 7.11 Å². The highest BCUT2D eigenvalue weighted by Gasteiger charge is 2.30. The third kappa shape index (κ3) is 7.36. The summed E-state index contributed by atoms with van der Waals surface area (Å²) in [4.78, 5) is 11.2. The molecule has 1 N–H and O–H groups in total. The van der Waals surface area contributed by atoms with Crippen molar-refractivity contribution in [3.63, 3.8) is 0 Å². The van der Waals surface area contributed by atoms with E-state index >= 15 is 0 Å². The van der Waals surface area contributed by atoms with Crippen molar-refractivity contribution >= 4 is 41.3 Å². The molecule has 31 heavy (non-hydrogen) atoms. The lowest BCUT2D eigenvalue weighted by atomic mass is 9.85. The fourth-order valence-electron chi connectivity index (χ4n) is 4.29. The molecule has 1 aromatic carbocycles. The fraction of sp³-hybridized carbons (Fsp3) is 0.542. The highest BCUT2D eigenvalue weighted by molar-refractivity contribution is 14.0. The van der Waals surface area contributed by atoms with E-state index in [0.717, 1.165) is 44.3 Å². The minimum atomic E-state index is 0. The van der Waals surface area contributed by atoms with Crippen LogP contribution in [0, 0.1) is 5.92 Å². The SMILES string of the molecule is CCNC(=NCC1CCCN(C)C1c1ccc(OC)cc1)N(C)CCc1cccs1.I. The van der Waals surface area contributed by atoms with Gasteiger partial charge in [-0.3, -0.25) is 9.89 Å². The molecule has 5 nitrogen and oxygen atoms in total. The lowest BCUT2D eigenvalue weighted by Gasteiger charge is -2.39. The maximum Gasteiger partial charge on any atom is 0.193 e. The molecule has 1 aliphatic rings. The number of nitrogens with one attached hydrogen (secondary N) is 1. The van der Waals surface area contributed by atoms with E-state index in [9.17, 15) is 0 Å². The molecule has 0 saturated carbocycles. The van der Waals surface area contributed by atoms with Gasteiger partial charge in [-0.1, -0.05) is 18.2 Å². The van der Waals surface area contributed by atoms with Gasteiger partial charge < -0.3 is 15.0 Å². The van der Waals surface area contributed by atoms with E-state index in [1.54, 1.807) is 7.11 Å². The van der Waals surface area contributed by atoms with Crippen LogP contribution in [0.4, 0.5) is 0 Å². The molecular formula is C24H37IN4OS. The zero-order valence-corrected chi connectivity index (χ0v) is 22.4. The molecule has 1 saturated heterocycles. The number of ether oxygens (including phenoxy) is 1. The number of likely N-dealkylation sites (N-methyl/N-ethyl adjacent to an activating group) is 1. The smallest absolute Gasteiger partial charge is 0.193 e. The van der Waals surface area contributed by atoms with Crippen LogP contribution in [0.2, 0.25) is 0 Å². The van der Waals surface area contributed by atoms with Crippen LogP contribution in [0.1, 0.15) is 36.2 Å². The summed E-state index contributed by atoms with van der Waals surface area (Å²) in [6.07, 6.45) is 3.50. The summed E-state index contributed by atoms with van der Waals surface area (Å²) in [6.45, 7) is 5.97. The van der Waals surface area contributed by atoms with Gasteiger partial charge in [-0.05, 0) is 74.8 Å². The molecule has 1 aromatic heterocycles. The molecule has 2 aromatic rings. The Labute approximate surface area is 208 Å². The van der Waals surface area contributed by atoms with E-state index in [0.29, 0.717) is 12.0 Å². The molecule has 0 aliphatic carbocycles. The lowest BCUT2D eigenvalue weighted by molar-refractivity contribution is 0.125. The Balaban J connectivity index is 0.00000341. The number of aliphatic imine (C=N–C) groups is 1. The van der Waals surface area contributed by atoms with Crippen molar-refractivity contribution in [2.24, 2.45) is 10.9 Å². The number of piperidine rings is 1. The Kier molecular flexibility index (Phi) is 11.1. The van der Waals surface area contributed by atoms with Crippen molar-refractivity contribution in [2.75, 3.05) is 47.4 Å². The van der Waals surface area contributed by atoms with Gasteiger partial charge in [-0.25, -0.2) is 0 Å². The van der Waals surface area contributed by atoms with Crippen molar-refractivity contribution < 1.29 is 4.74 Å². The number of nitrogens with zero attached hydrogens (tertiary/aromatic N) is 3. The number of hydrogen-bond acceptors (Lipinski definition) is 4. The molecule has 0 amide bonds. The van der Waals surface area contributed by atoms with Crippen LogP contribution in [0.5, 0.6) is 5.75 Å². The van der Waals surface area contributed by atoms with Crippen molar-refractivity contribution in [3.05, 3.63) is 52.2 Å². The second kappa shape index (κ2) is 13.3. The maximum atomic E-state index is 5.34. The second-order valence-corrected chi connectivity index (χ2v) is 9.08. The minimum Gasteiger partial charge on any atom is -0.497 e. The first-order valence-corrected chi connectivity index (χ1v) is 11.9. The van der Waals surface area contributed by atoms with E-state index in [1.807, 2.05) is 11.3 Å². The molecule has 1 aliphatic heterocycles. The Bertz CT molecular complexity index is 781. The van der Waals surface area contributed by atoms with E-state index in [1.165, 1.54) is 23.3 Å². The number of hydrogen-bond donors (Lipinski definition) is 1. The van der Waals surface area contributed by atoms with Gasteiger partial charge in [0.25, 0.3) is 0 Å². The monoisotopic (exact) mass is 556 g/mol. The van der Waals surface area contributed by atoms with Gasteiger partial charge in [0.15, 0.2) is 5.96 Å². The number of likely N-dealkylation sites (tertiary alicyclic amines) is 1. The summed E-state index contributed by atoms with van der Waals surface area (Å²) in [5, 5.41) is 5.63. The Morgan fingerprint density at radius 3 is 2.71 bits per heavy atom. The van der Waals surface area contributed by atoms with Crippen LogP contribution in [-0.2, 0) is 6.42 Å². The average Bonchev–Trinajstić information content (AvgIpc) is 3.29. The Morgan fingerprint density at radius 2 is 2.06 bits per heavy atom. The van der Waals surface area contributed by atoms with E-state index < -0.39 is 0 Å². The first-order valence-electron chi connectivity index (χ1n) is 11.0. The molecule has 7 heteroatoms. The van der Waals surface area contributed by atoms with Crippen LogP contribution in [0.15, 0.2) is 46.8 Å². The topological polar surface area (TPSA) is 40.1 Å². The zero-order chi connectivity index (χ0) is 21.3. The molecule has 2 unspecified atom stereocenters. The number of guanidine groups is 1. The number of halogens is 1. The van der Waals surface area contributed by atoms with Crippen LogP contribution in [0.25, 0.3) is 0 Å². The molecule has 0 spiro atoms. The normalized spacial score (nSPS) is 19.5. The fourth-order valence-corrected chi connectivity index (χ4v) is 4.99. The summed E-state index contributed by atoms with van der Waals surface area (Å²) in [5.41, 5.74) is 1.36.